The predicted octanol–water partition coefficient (Wildman–Crippen LogP) is 20.4. The Kier molecular flexibility index (Phi) is 56.9. The molecule has 0 aliphatic carbocycles. The molecule has 1 atom stereocenters. The lowest BCUT2D eigenvalue weighted by atomic mass is 10.1. The summed E-state index contributed by atoms with van der Waals surface area (Å²) in [5, 5.41) is 0. The molecule has 0 aromatic heterocycles. The topological polar surface area (TPSA) is 78.9 Å². The van der Waals surface area contributed by atoms with Crippen LogP contribution in [-0.2, 0) is 28.6 Å². The van der Waals surface area contributed by atoms with Gasteiger partial charge >= 0.3 is 17.9 Å². The summed E-state index contributed by atoms with van der Waals surface area (Å²) < 4.78 is 16.9. The van der Waals surface area contributed by atoms with E-state index in [1.54, 1.807) is 0 Å². The molecular weight excluding hydrogens is 901 g/mol. The molecule has 0 aliphatic rings. The van der Waals surface area contributed by atoms with Crippen LogP contribution in [0.3, 0.4) is 0 Å². The van der Waals surface area contributed by atoms with Crippen LogP contribution in [0, 0.1) is 0 Å². The zero-order valence-electron chi connectivity index (χ0n) is 47.4. The zero-order chi connectivity index (χ0) is 52.9. The molecule has 0 aromatic rings. The van der Waals surface area contributed by atoms with Crippen molar-refractivity contribution in [2.45, 2.75) is 271 Å². The van der Waals surface area contributed by atoms with Crippen molar-refractivity contribution >= 4 is 17.9 Å². The summed E-state index contributed by atoms with van der Waals surface area (Å²) >= 11 is 0. The third kappa shape index (κ3) is 58.6. The van der Waals surface area contributed by atoms with Crippen LogP contribution in [0.15, 0.2) is 122 Å². The average molecular weight is 1010 g/mol. The van der Waals surface area contributed by atoms with E-state index in [0.717, 1.165) is 116 Å². The van der Waals surface area contributed by atoms with E-state index in [4.69, 9.17) is 14.2 Å². The van der Waals surface area contributed by atoms with Gasteiger partial charge in [0.25, 0.3) is 0 Å². The Morgan fingerprint density at radius 2 is 0.534 bits per heavy atom. The van der Waals surface area contributed by atoms with Crippen LogP contribution in [0.2, 0.25) is 0 Å². The average Bonchev–Trinajstić information content (AvgIpc) is 3.39. The molecule has 1 unspecified atom stereocenters. The van der Waals surface area contributed by atoms with Gasteiger partial charge in [0.1, 0.15) is 13.2 Å². The smallest absolute Gasteiger partial charge is 0.306 e. The Bertz CT molecular complexity index is 1540. The maximum Gasteiger partial charge on any atom is 0.306 e. The van der Waals surface area contributed by atoms with Crippen LogP contribution in [0.4, 0.5) is 0 Å². The molecule has 0 saturated carbocycles. The van der Waals surface area contributed by atoms with Gasteiger partial charge in [-0.1, -0.05) is 239 Å². The van der Waals surface area contributed by atoms with Gasteiger partial charge in [-0.2, -0.15) is 0 Å². The quantitative estimate of drug-likeness (QED) is 0.0261. The summed E-state index contributed by atoms with van der Waals surface area (Å²) in [7, 11) is 0. The molecular formula is C67H110O6. The number of hydrogen-bond donors (Lipinski definition) is 0. The highest BCUT2D eigenvalue weighted by Crippen LogP contribution is 2.14. The van der Waals surface area contributed by atoms with E-state index in [0.29, 0.717) is 25.7 Å². The van der Waals surface area contributed by atoms with E-state index >= 15 is 0 Å². The van der Waals surface area contributed by atoms with Crippen LogP contribution in [0.5, 0.6) is 0 Å². The summed E-state index contributed by atoms with van der Waals surface area (Å²) in [6.07, 6.45) is 83.3. The fraction of sp³-hybridized carbons (Fsp3) is 0.657. The second-order valence-electron chi connectivity index (χ2n) is 19.5. The standard InChI is InChI=1S/C67H110O6/c1-4-7-10-13-16-19-22-25-28-31-32-33-34-37-39-42-45-48-51-54-57-60-66(69)72-63-64(73-67(70)61-58-55-52-49-46-43-40-36-30-27-24-21-18-15-12-9-6-3)62-71-65(68)59-56-53-50-47-44-41-38-35-29-26-23-20-17-14-11-8-5-2/h7,9-10,12,16,18-19,21,25-30,32-33,37,39,45,48,64H,4-6,8,11,13-15,17,20,22-24,31,34-36,38,40-44,46-47,49-63H2,1-3H3/b10-7-,12-9-,19-16-,21-18-,28-25-,29-26-,30-27-,33-32-,39-37-,48-45-. The third-order valence-corrected chi connectivity index (χ3v) is 12.4. The number of unbranched alkanes of at least 4 members (excludes halogenated alkanes) is 22. The van der Waals surface area contributed by atoms with E-state index in [1.807, 2.05) is 0 Å². The normalized spacial score (nSPS) is 13.0. The van der Waals surface area contributed by atoms with E-state index in [1.165, 1.54) is 103 Å². The SMILES string of the molecule is CC/C=C\C/C=C\C/C=C\C/C=C\C/C=C\C/C=C\CCCCC(=O)OCC(COC(=O)CCCCCCCCC/C=C\CCCCCCCC)OC(=O)CCCCCCCCC/C=C\C/C=C\C/C=C\CC. The minimum absolute atomic E-state index is 0.101. The van der Waals surface area contributed by atoms with Gasteiger partial charge in [-0.05, 0) is 128 Å². The predicted molar refractivity (Wildman–Crippen MR) is 316 cm³/mol. The van der Waals surface area contributed by atoms with Crippen LogP contribution in [0.1, 0.15) is 265 Å². The van der Waals surface area contributed by atoms with Crippen molar-refractivity contribution in [2.75, 3.05) is 13.2 Å². The maximum atomic E-state index is 12.9. The van der Waals surface area contributed by atoms with Gasteiger partial charge in [0.2, 0.25) is 0 Å². The molecule has 0 aromatic carbocycles. The van der Waals surface area contributed by atoms with Crippen molar-refractivity contribution in [3.8, 4) is 0 Å². The largest absolute Gasteiger partial charge is 0.462 e. The second-order valence-corrected chi connectivity index (χ2v) is 19.5. The summed E-state index contributed by atoms with van der Waals surface area (Å²) in [4.78, 5) is 38.3. The highest BCUT2D eigenvalue weighted by molar-refractivity contribution is 5.71. The first-order chi connectivity index (χ1) is 36.0. The molecule has 414 valence electrons. The first-order valence-corrected chi connectivity index (χ1v) is 30.0. The molecule has 0 heterocycles. The number of carbonyl (C=O) groups is 3. The van der Waals surface area contributed by atoms with Gasteiger partial charge in [-0.25, -0.2) is 0 Å². The number of esters is 3. The van der Waals surface area contributed by atoms with Gasteiger partial charge in [-0.15, -0.1) is 0 Å². The zero-order valence-corrected chi connectivity index (χ0v) is 47.4. The van der Waals surface area contributed by atoms with Crippen molar-refractivity contribution in [1.82, 2.24) is 0 Å². The molecule has 6 nitrogen and oxygen atoms in total. The molecule has 0 N–H and O–H groups in total. The van der Waals surface area contributed by atoms with Gasteiger partial charge in [0.15, 0.2) is 6.10 Å². The fourth-order valence-corrected chi connectivity index (χ4v) is 7.98. The summed E-state index contributed by atoms with van der Waals surface area (Å²) in [5.74, 6) is -0.959. The molecule has 0 fully saturated rings. The van der Waals surface area contributed by atoms with E-state index in [-0.39, 0.29) is 31.1 Å². The van der Waals surface area contributed by atoms with Crippen molar-refractivity contribution in [3.05, 3.63) is 122 Å². The highest BCUT2D eigenvalue weighted by atomic mass is 16.6. The van der Waals surface area contributed by atoms with E-state index in [9.17, 15) is 14.4 Å². The van der Waals surface area contributed by atoms with Crippen LogP contribution in [0.25, 0.3) is 0 Å². The van der Waals surface area contributed by atoms with Crippen molar-refractivity contribution in [3.63, 3.8) is 0 Å². The molecule has 6 heteroatoms. The minimum atomic E-state index is -0.808. The van der Waals surface area contributed by atoms with E-state index in [2.05, 4.69) is 142 Å². The lowest BCUT2D eigenvalue weighted by molar-refractivity contribution is -0.167. The Morgan fingerprint density at radius 3 is 0.877 bits per heavy atom. The van der Waals surface area contributed by atoms with Crippen molar-refractivity contribution in [2.24, 2.45) is 0 Å². The Morgan fingerprint density at radius 1 is 0.288 bits per heavy atom. The Hall–Kier alpha value is -4.19. The molecule has 73 heavy (non-hydrogen) atoms. The van der Waals surface area contributed by atoms with Gasteiger partial charge in [0, 0.05) is 19.3 Å². The number of hydrogen-bond acceptors (Lipinski definition) is 6. The number of allylic oxidation sites excluding steroid dienone is 20. The van der Waals surface area contributed by atoms with Gasteiger partial charge in [0.05, 0.1) is 0 Å². The monoisotopic (exact) mass is 1010 g/mol. The lowest BCUT2D eigenvalue weighted by Gasteiger charge is -2.18. The summed E-state index contributed by atoms with van der Waals surface area (Å²) in [5.41, 5.74) is 0. The Labute approximate surface area is 450 Å². The van der Waals surface area contributed by atoms with Gasteiger partial charge < -0.3 is 14.2 Å². The molecule has 0 radical (unpaired) electrons. The molecule has 0 rings (SSSR count). The Balaban J connectivity index is 4.50. The van der Waals surface area contributed by atoms with Crippen LogP contribution in [-0.4, -0.2) is 37.2 Å². The maximum absolute atomic E-state index is 12.9. The van der Waals surface area contributed by atoms with Crippen molar-refractivity contribution < 1.29 is 28.6 Å². The lowest BCUT2D eigenvalue weighted by Crippen LogP contribution is -2.30. The minimum Gasteiger partial charge on any atom is -0.462 e. The van der Waals surface area contributed by atoms with Crippen molar-refractivity contribution in [1.29, 1.82) is 0 Å². The summed E-state index contributed by atoms with van der Waals surface area (Å²) in [6, 6.07) is 0. The highest BCUT2D eigenvalue weighted by Gasteiger charge is 2.19. The number of carbonyl (C=O) groups excluding carboxylic acids is 3. The number of rotatable bonds is 53. The molecule has 0 spiro atoms. The third-order valence-electron chi connectivity index (χ3n) is 12.4. The van der Waals surface area contributed by atoms with Gasteiger partial charge in [-0.3, -0.25) is 14.4 Å². The van der Waals surface area contributed by atoms with E-state index < -0.39 is 6.10 Å². The molecule has 0 amide bonds. The molecule has 0 aliphatic heterocycles. The van der Waals surface area contributed by atoms with Crippen LogP contribution < -0.4 is 0 Å². The number of ether oxygens (including phenoxy) is 3. The first-order valence-electron chi connectivity index (χ1n) is 30.0. The molecule has 0 saturated heterocycles. The fourth-order valence-electron chi connectivity index (χ4n) is 7.98. The summed E-state index contributed by atoms with van der Waals surface area (Å²) in [6.45, 7) is 6.37. The van der Waals surface area contributed by atoms with Crippen LogP contribution >= 0.6 is 0 Å². The first kappa shape index (κ1) is 68.8. The molecule has 0 bridgehead atoms. The second kappa shape index (κ2) is 60.4.